The number of pyridine rings is 1. The minimum Gasteiger partial charge on any atom is -0.228 e. The van der Waals surface area contributed by atoms with Crippen LogP contribution in [0.25, 0.3) is 11.0 Å². The van der Waals surface area contributed by atoms with Crippen LogP contribution in [0, 0.1) is 0 Å². The van der Waals surface area contributed by atoms with E-state index >= 15 is 0 Å². The monoisotopic (exact) mass is 406 g/mol. The van der Waals surface area contributed by atoms with Gasteiger partial charge in [-0.15, -0.1) is 0 Å². The van der Waals surface area contributed by atoms with Gasteiger partial charge in [-0.05, 0) is 24.3 Å². The maximum atomic E-state index is 12.9. The largest absolute Gasteiger partial charge is 0.280 e. The van der Waals surface area contributed by atoms with Crippen LogP contribution in [0.3, 0.4) is 0 Å². The number of benzene rings is 1. The summed E-state index contributed by atoms with van der Waals surface area (Å²) in [5.74, 6) is 0. The highest BCUT2D eigenvalue weighted by Crippen LogP contribution is 2.31. The number of hydrogen-bond acceptors (Lipinski definition) is 5. The Bertz CT molecular complexity index is 1160. The molecule has 3 aromatic rings. The average molecular weight is 407 g/mol. The summed E-state index contributed by atoms with van der Waals surface area (Å²) in [7, 11) is -3.25. The van der Waals surface area contributed by atoms with Gasteiger partial charge in [-0.25, -0.2) is 34.6 Å². The van der Waals surface area contributed by atoms with Crippen LogP contribution in [-0.2, 0) is 19.1 Å². The second kappa shape index (κ2) is 6.04. The molecule has 132 valence electrons. The summed E-state index contributed by atoms with van der Waals surface area (Å²) < 4.78 is 75.4. The van der Waals surface area contributed by atoms with Crippen LogP contribution >= 0.6 is 10.7 Å². The second-order valence-electron chi connectivity index (χ2n) is 4.95. The normalized spacial score (nSPS) is 12.8. The van der Waals surface area contributed by atoms with Crippen LogP contribution in [-0.4, -0.2) is 25.8 Å². The van der Waals surface area contributed by atoms with Crippen molar-refractivity contribution in [2.45, 2.75) is 16.2 Å². The summed E-state index contributed by atoms with van der Waals surface area (Å²) in [4.78, 5) is 2.92. The molecule has 0 bridgehead atoms. The van der Waals surface area contributed by atoms with Gasteiger partial charge in [0.1, 0.15) is 10.6 Å². The molecule has 25 heavy (non-hydrogen) atoms. The van der Waals surface area contributed by atoms with E-state index in [4.69, 9.17) is 10.7 Å². The van der Waals surface area contributed by atoms with Gasteiger partial charge in [0.2, 0.25) is 0 Å². The fraction of sp³-hybridized carbons (Fsp3) is 0.0714. The minimum atomic E-state index is -4.32. The number of hydrogen-bond donors (Lipinski definition) is 0. The van der Waals surface area contributed by atoms with Crippen LogP contribution in [0.5, 0.6) is 0 Å². The zero-order valence-corrected chi connectivity index (χ0v) is 14.6. The SMILES string of the molecule is O=S(=O)(Cl)c1cn(S(=O)(=O)c2ccccc2)c2nc(C(F)F)ccc12. The molecule has 0 aliphatic heterocycles. The molecule has 0 unspecified atom stereocenters. The molecule has 1 aromatic carbocycles. The van der Waals surface area contributed by atoms with E-state index in [1.165, 1.54) is 24.3 Å². The molecule has 0 atom stereocenters. The molecule has 0 fully saturated rings. The van der Waals surface area contributed by atoms with Gasteiger partial charge < -0.3 is 0 Å². The van der Waals surface area contributed by atoms with Crippen LogP contribution in [0.1, 0.15) is 12.1 Å². The van der Waals surface area contributed by atoms with Crippen molar-refractivity contribution in [3.63, 3.8) is 0 Å². The Morgan fingerprint density at radius 1 is 1.00 bits per heavy atom. The molecule has 0 spiro atoms. The lowest BCUT2D eigenvalue weighted by Gasteiger charge is -2.07. The van der Waals surface area contributed by atoms with E-state index in [0.717, 1.165) is 18.3 Å². The molecule has 0 radical (unpaired) electrons. The number of halogens is 3. The van der Waals surface area contributed by atoms with Crippen molar-refractivity contribution in [3.8, 4) is 0 Å². The van der Waals surface area contributed by atoms with Crippen LogP contribution in [0.4, 0.5) is 8.78 Å². The fourth-order valence-corrected chi connectivity index (χ4v) is 4.69. The lowest BCUT2D eigenvalue weighted by Crippen LogP contribution is -2.12. The molecule has 11 heteroatoms. The molecule has 0 amide bonds. The van der Waals surface area contributed by atoms with E-state index < -0.39 is 41.7 Å². The van der Waals surface area contributed by atoms with Crippen molar-refractivity contribution in [2.24, 2.45) is 0 Å². The number of aromatic nitrogens is 2. The highest BCUT2D eigenvalue weighted by Gasteiger charge is 2.27. The maximum absolute atomic E-state index is 12.9. The molecule has 0 N–H and O–H groups in total. The first-order chi connectivity index (χ1) is 11.6. The van der Waals surface area contributed by atoms with Crippen molar-refractivity contribution in [3.05, 3.63) is 54.4 Å². The Hall–Kier alpha value is -2.04. The van der Waals surface area contributed by atoms with Gasteiger partial charge in [0.25, 0.3) is 25.5 Å². The van der Waals surface area contributed by atoms with Gasteiger partial charge >= 0.3 is 0 Å². The van der Waals surface area contributed by atoms with Crippen LogP contribution in [0.2, 0.25) is 0 Å². The molecule has 0 aliphatic carbocycles. The van der Waals surface area contributed by atoms with E-state index in [-0.39, 0.29) is 10.3 Å². The van der Waals surface area contributed by atoms with E-state index in [2.05, 4.69) is 4.98 Å². The molecular weight excluding hydrogens is 398 g/mol. The standard InChI is InChI=1S/C14H9ClF2N2O4S2/c15-24(20,21)12-8-19(25(22,23)9-4-2-1-3-5-9)14-10(12)6-7-11(18-14)13(16)17/h1-8,13H. The second-order valence-corrected chi connectivity index (χ2v) is 9.30. The zero-order valence-electron chi connectivity index (χ0n) is 12.2. The maximum Gasteiger partial charge on any atom is 0.280 e. The van der Waals surface area contributed by atoms with Crippen molar-refractivity contribution in [2.75, 3.05) is 0 Å². The van der Waals surface area contributed by atoms with Gasteiger partial charge in [0, 0.05) is 22.3 Å². The minimum absolute atomic E-state index is 0.158. The average Bonchev–Trinajstić information content (AvgIpc) is 2.95. The highest BCUT2D eigenvalue weighted by molar-refractivity contribution is 8.14. The number of alkyl halides is 2. The molecule has 0 aliphatic rings. The number of nitrogens with zero attached hydrogens (tertiary/aromatic N) is 2. The molecular formula is C14H9ClF2N2O4S2. The van der Waals surface area contributed by atoms with Crippen LogP contribution in [0.15, 0.2) is 58.5 Å². The first-order valence-corrected chi connectivity index (χ1v) is 10.4. The Morgan fingerprint density at radius 2 is 1.64 bits per heavy atom. The first-order valence-electron chi connectivity index (χ1n) is 6.68. The Kier molecular flexibility index (Phi) is 4.30. The third-order valence-electron chi connectivity index (χ3n) is 3.39. The molecule has 2 heterocycles. The third kappa shape index (κ3) is 3.12. The summed E-state index contributed by atoms with van der Waals surface area (Å²) in [6, 6.07) is 9.06. The zero-order chi connectivity index (χ0) is 18.4. The summed E-state index contributed by atoms with van der Waals surface area (Å²) in [6.45, 7) is 0. The van der Waals surface area contributed by atoms with Crippen molar-refractivity contribution < 1.29 is 25.6 Å². The van der Waals surface area contributed by atoms with Gasteiger partial charge in [-0.2, -0.15) is 0 Å². The van der Waals surface area contributed by atoms with Gasteiger partial charge in [-0.1, -0.05) is 18.2 Å². The predicted octanol–water partition coefficient (Wildman–Crippen LogP) is 3.14. The molecule has 3 rings (SSSR count). The number of rotatable bonds is 4. The Balaban J connectivity index is 2.40. The van der Waals surface area contributed by atoms with Crippen molar-refractivity contribution in [1.82, 2.24) is 8.96 Å². The summed E-state index contributed by atoms with van der Waals surface area (Å²) in [5.41, 5.74) is -1.13. The van der Waals surface area contributed by atoms with E-state index in [1.54, 1.807) is 6.07 Å². The highest BCUT2D eigenvalue weighted by atomic mass is 35.7. The summed E-state index contributed by atoms with van der Waals surface area (Å²) in [6.07, 6.45) is -2.19. The lowest BCUT2D eigenvalue weighted by molar-refractivity contribution is 0.146. The van der Waals surface area contributed by atoms with Gasteiger partial charge in [-0.3, -0.25) is 0 Å². The summed E-state index contributed by atoms with van der Waals surface area (Å²) in [5, 5.41) is -0.168. The van der Waals surface area contributed by atoms with Crippen molar-refractivity contribution >= 4 is 40.8 Å². The number of fused-ring (bicyclic) bond motifs is 1. The first kappa shape index (κ1) is 17.8. The van der Waals surface area contributed by atoms with Crippen molar-refractivity contribution in [1.29, 1.82) is 0 Å². The fourth-order valence-electron chi connectivity index (χ4n) is 2.27. The smallest absolute Gasteiger partial charge is 0.228 e. The predicted molar refractivity (Wildman–Crippen MR) is 86.8 cm³/mol. The van der Waals surface area contributed by atoms with Gasteiger partial charge in [0.05, 0.1) is 4.90 Å². The lowest BCUT2D eigenvalue weighted by atomic mass is 10.3. The molecule has 2 aromatic heterocycles. The summed E-state index contributed by atoms with van der Waals surface area (Å²) >= 11 is 0. The van der Waals surface area contributed by atoms with E-state index in [0.29, 0.717) is 3.97 Å². The molecule has 0 saturated heterocycles. The quantitative estimate of drug-likeness (QED) is 0.621. The van der Waals surface area contributed by atoms with E-state index in [9.17, 15) is 25.6 Å². The third-order valence-corrected chi connectivity index (χ3v) is 6.41. The van der Waals surface area contributed by atoms with E-state index in [1.807, 2.05) is 0 Å². The Morgan fingerprint density at radius 3 is 2.20 bits per heavy atom. The molecule has 0 saturated carbocycles. The topological polar surface area (TPSA) is 86.1 Å². The van der Waals surface area contributed by atoms with Gasteiger partial charge in [0.15, 0.2) is 5.65 Å². The molecule has 6 nitrogen and oxygen atoms in total. The van der Waals surface area contributed by atoms with Crippen LogP contribution < -0.4 is 0 Å². The Labute approximate surface area is 146 Å².